The van der Waals surface area contributed by atoms with Gasteiger partial charge >= 0.3 is 0 Å². The zero-order valence-corrected chi connectivity index (χ0v) is 16.8. The molecule has 0 fully saturated rings. The smallest absolute Gasteiger partial charge is 0.267 e. The van der Waals surface area contributed by atoms with Crippen LogP contribution in [0.25, 0.3) is 28.0 Å². The molecule has 1 amide bonds. The molecule has 0 bridgehead atoms. The van der Waals surface area contributed by atoms with Gasteiger partial charge in [0.15, 0.2) is 0 Å². The van der Waals surface area contributed by atoms with Gasteiger partial charge in [-0.1, -0.05) is 91.0 Å². The summed E-state index contributed by atoms with van der Waals surface area (Å²) in [6.45, 7) is 0. The van der Waals surface area contributed by atoms with Crippen molar-refractivity contribution in [3.8, 4) is 22.4 Å². The van der Waals surface area contributed by atoms with E-state index >= 15 is 0 Å². The number of nitrogens with one attached hydrogen (secondary N) is 1. The van der Waals surface area contributed by atoms with Gasteiger partial charge in [-0.15, -0.1) is 14.8 Å². The Hall–Kier alpha value is -4.72. The van der Waals surface area contributed by atoms with Crippen LogP contribution in [0.3, 0.4) is 0 Å². The number of nitrogens with zero attached hydrogens (tertiary/aromatic N) is 6. The summed E-state index contributed by atoms with van der Waals surface area (Å²) < 4.78 is 1.27. The Labute approximate surface area is 183 Å². The lowest BCUT2D eigenvalue weighted by Gasteiger charge is -2.14. The predicted octanol–water partition coefficient (Wildman–Crippen LogP) is 3.62. The molecule has 0 aliphatic rings. The first-order chi connectivity index (χ1) is 15.8. The van der Waals surface area contributed by atoms with Gasteiger partial charge < -0.3 is 0 Å². The van der Waals surface area contributed by atoms with E-state index in [9.17, 15) is 4.79 Å². The zero-order chi connectivity index (χ0) is 21.8. The molecule has 3 aromatic carbocycles. The molecule has 2 heterocycles. The van der Waals surface area contributed by atoms with Crippen LogP contribution in [-0.2, 0) is 0 Å². The second-order valence-corrected chi connectivity index (χ2v) is 6.93. The monoisotopic (exact) mass is 419 g/mol. The van der Waals surface area contributed by atoms with Gasteiger partial charge in [0, 0.05) is 11.1 Å². The molecule has 5 aromatic rings. The lowest BCUT2D eigenvalue weighted by molar-refractivity contribution is 0.0956. The van der Waals surface area contributed by atoms with Gasteiger partial charge in [-0.05, 0) is 21.6 Å². The molecule has 0 spiro atoms. The van der Waals surface area contributed by atoms with Crippen molar-refractivity contribution in [3.05, 3.63) is 102 Å². The van der Waals surface area contributed by atoms with Crippen LogP contribution < -0.4 is 5.43 Å². The molecule has 1 N–H and O–H groups in total. The van der Waals surface area contributed by atoms with Crippen molar-refractivity contribution < 1.29 is 4.79 Å². The number of carbonyl (C=O) groups excluding carboxylic acids is 1. The van der Waals surface area contributed by atoms with Crippen LogP contribution >= 0.6 is 0 Å². The second kappa shape index (κ2) is 8.57. The van der Waals surface area contributed by atoms with Gasteiger partial charge in [0.05, 0.1) is 11.8 Å². The predicted molar refractivity (Wildman–Crippen MR) is 121 cm³/mol. The van der Waals surface area contributed by atoms with E-state index in [-0.39, 0.29) is 5.65 Å². The van der Waals surface area contributed by atoms with Crippen molar-refractivity contribution in [1.82, 2.24) is 30.7 Å². The summed E-state index contributed by atoms with van der Waals surface area (Å²) in [6.07, 6.45) is 1.58. The number of hydrazone groups is 1. The third-order valence-electron chi connectivity index (χ3n) is 4.87. The topological polar surface area (TPSA) is 97.4 Å². The lowest BCUT2D eigenvalue weighted by Crippen LogP contribution is -2.21. The molecule has 154 valence electrons. The SMILES string of the molecule is O=C(N/N=C/c1ccccc1)c1c(-c2ccccc2)c(-c2ccccc2)nn2nnnc12. The number of hydrogen-bond acceptors (Lipinski definition) is 6. The van der Waals surface area contributed by atoms with Crippen LogP contribution in [0.1, 0.15) is 15.9 Å². The molecule has 0 aliphatic carbocycles. The van der Waals surface area contributed by atoms with E-state index in [1.165, 1.54) is 4.63 Å². The molecule has 0 saturated carbocycles. The van der Waals surface area contributed by atoms with E-state index < -0.39 is 5.91 Å². The molecule has 0 aliphatic heterocycles. The standard InChI is InChI=1S/C24H17N7O/c32-24(27-25-16-17-10-4-1-5-11-17)21-20(18-12-6-2-7-13-18)22(19-14-8-3-9-15-19)28-31-23(21)26-29-30-31/h1-16H,(H,27,32)/b25-16+. The van der Waals surface area contributed by atoms with E-state index in [1.807, 2.05) is 91.0 Å². The van der Waals surface area contributed by atoms with Crippen LogP contribution in [0, 0.1) is 0 Å². The minimum absolute atomic E-state index is 0.246. The third kappa shape index (κ3) is 3.72. The molecule has 2 aromatic heterocycles. The number of tetrazole rings is 1. The first-order valence-electron chi connectivity index (χ1n) is 9.93. The molecule has 8 nitrogen and oxygen atoms in total. The van der Waals surface area contributed by atoms with Gasteiger partial charge in [-0.25, -0.2) is 5.43 Å². The van der Waals surface area contributed by atoms with Gasteiger partial charge in [0.25, 0.3) is 5.91 Å². The highest BCUT2D eigenvalue weighted by molar-refractivity contribution is 6.08. The summed E-state index contributed by atoms with van der Waals surface area (Å²) in [5, 5.41) is 20.5. The fraction of sp³-hybridized carbons (Fsp3) is 0. The Bertz CT molecular complexity index is 1400. The summed E-state index contributed by atoms with van der Waals surface area (Å²) in [6, 6.07) is 28.7. The molecular weight excluding hydrogens is 402 g/mol. The number of fused-ring (bicyclic) bond motifs is 1. The van der Waals surface area contributed by atoms with E-state index in [4.69, 9.17) is 0 Å². The quantitative estimate of drug-likeness (QED) is 0.347. The van der Waals surface area contributed by atoms with Crippen molar-refractivity contribution in [3.63, 3.8) is 0 Å². The fourth-order valence-corrected chi connectivity index (χ4v) is 3.43. The number of carbonyl (C=O) groups is 1. The van der Waals surface area contributed by atoms with Crippen molar-refractivity contribution in [2.45, 2.75) is 0 Å². The van der Waals surface area contributed by atoms with Crippen LogP contribution in [0.4, 0.5) is 0 Å². The highest BCUT2D eigenvalue weighted by Crippen LogP contribution is 2.34. The van der Waals surface area contributed by atoms with E-state index in [0.29, 0.717) is 16.8 Å². The molecule has 32 heavy (non-hydrogen) atoms. The summed E-state index contributed by atoms with van der Waals surface area (Å²) in [7, 11) is 0. The minimum Gasteiger partial charge on any atom is -0.267 e. The molecule has 5 rings (SSSR count). The van der Waals surface area contributed by atoms with Crippen LogP contribution in [0.5, 0.6) is 0 Å². The van der Waals surface area contributed by atoms with Gasteiger partial charge in [0.2, 0.25) is 5.65 Å². The third-order valence-corrected chi connectivity index (χ3v) is 4.87. The summed E-state index contributed by atoms with van der Waals surface area (Å²) in [5.74, 6) is -0.435. The Balaban J connectivity index is 1.67. The maximum Gasteiger partial charge on any atom is 0.276 e. The normalized spacial score (nSPS) is 11.1. The zero-order valence-electron chi connectivity index (χ0n) is 16.8. The Morgan fingerprint density at radius 1 is 0.844 bits per heavy atom. The van der Waals surface area contributed by atoms with Crippen molar-refractivity contribution >= 4 is 17.8 Å². The van der Waals surface area contributed by atoms with Gasteiger partial charge in [0.1, 0.15) is 5.69 Å². The minimum atomic E-state index is -0.435. The number of benzene rings is 3. The number of rotatable bonds is 5. The Morgan fingerprint density at radius 2 is 1.47 bits per heavy atom. The molecule has 0 radical (unpaired) electrons. The number of aromatic nitrogens is 5. The maximum absolute atomic E-state index is 13.4. The van der Waals surface area contributed by atoms with Crippen LogP contribution in [-0.4, -0.2) is 37.4 Å². The number of amides is 1. The molecule has 0 unspecified atom stereocenters. The van der Waals surface area contributed by atoms with Crippen molar-refractivity contribution in [2.24, 2.45) is 5.10 Å². The summed E-state index contributed by atoms with van der Waals surface area (Å²) in [5.41, 5.74) is 6.90. The molecule has 0 atom stereocenters. The van der Waals surface area contributed by atoms with E-state index in [2.05, 4.69) is 31.2 Å². The Kier molecular flexibility index (Phi) is 5.15. The number of hydrogen-bond donors (Lipinski definition) is 1. The Morgan fingerprint density at radius 3 is 2.16 bits per heavy atom. The molecule has 0 saturated heterocycles. The first-order valence-corrected chi connectivity index (χ1v) is 9.93. The van der Waals surface area contributed by atoms with Crippen LogP contribution in [0.15, 0.2) is 96.1 Å². The highest BCUT2D eigenvalue weighted by Gasteiger charge is 2.25. The fourth-order valence-electron chi connectivity index (χ4n) is 3.43. The molecule has 8 heteroatoms. The average molecular weight is 419 g/mol. The van der Waals surface area contributed by atoms with Crippen molar-refractivity contribution in [1.29, 1.82) is 0 Å². The molecular formula is C24H17N7O. The van der Waals surface area contributed by atoms with E-state index in [0.717, 1.165) is 16.7 Å². The maximum atomic E-state index is 13.4. The van der Waals surface area contributed by atoms with Crippen LogP contribution in [0.2, 0.25) is 0 Å². The summed E-state index contributed by atoms with van der Waals surface area (Å²) >= 11 is 0. The average Bonchev–Trinajstić information content (AvgIpc) is 3.33. The highest BCUT2D eigenvalue weighted by atomic mass is 16.2. The lowest BCUT2D eigenvalue weighted by atomic mass is 9.95. The first kappa shape index (κ1) is 19.3. The van der Waals surface area contributed by atoms with Gasteiger partial charge in [-0.2, -0.15) is 5.10 Å². The van der Waals surface area contributed by atoms with Crippen molar-refractivity contribution in [2.75, 3.05) is 0 Å². The summed E-state index contributed by atoms with van der Waals surface area (Å²) in [4.78, 5) is 13.4. The second-order valence-electron chi connectivity index (χ2n) is 6.93. The van der Waals surface area contributed by atoms with E-state index in [1.54, 1.807) is 6.21 Å². The largest absolute Gasteiger partial charge is 0.276 e. The van der Waals surface area contributed by atoms with Gasteiger partial charge in [-0.3, -0.25) is 4.79 Å².